The highest BCUT2D eigenvalue weighted by Gasteiger charge is 2.50. The summed E-state index contributed by atoms with van der Waals surface area (Å²) in [7, 11) is 0. The van der Waals surface area contributed by atoms with Crippen LogP contribution in [0, 0.1) is 11.3 Å². The first kappa shape index (κ1) is 8.09. The van der Waals surface area contributed by atoms with E-state index in [1.807, 2.05) is 0 Å². The largest absolute Gasteiger partial charge is 0.462 e. The molecule has 0 amide bonds. The van der Waals surface area contributed by atoms with Gasteiger partial charge in [-0.25, -0.2) is 0 Å². The van der Waals surface area contributed by atoms with Gasteiger partial charge in [-0.05, 0) is 31.6 Å². The van der Waals surface area contributed by atoms with Crippen LogP contribution in [-0.2, 0) is 9.53 Å². The van der Waals surface area contributed by atoms with Crippen LogP contribution in [0.2, 0.25) is 0 Å². The Morgan fingerprint density at radius 1 is 1.58 bits per heavy atom. The summed E-state index contributed by atoms with van der Waals surface area (Å²) in [6, 6.07) is 0. The van der Waals surface area contributed by atoms with Crippen molar-refractivity contribution in [2.24, 2.45) is 11.3 Å². The normalized spacial score (nSPS) is 44.8. The van der Waals surface area contributed by atoms with E-state index in [0.717, 1.165) is 12.3 Å². The molecule has 2 nitrogen and oxygen atoms in total. The molecule has 0 aromatic heterocycles. The van der Waals surface area contributed by atoms with Gasteiger partial charge in [0.05, 0.1) is 0 Å². The van der Waals surface area contributed by atoms with Crippen molar-refractivity contribution < 1.29 is 9.53 Å². The summed E-state index contributed by atoms with van der Waals surface area (Å²) >= 11 is 0. The molecule has 2 aliphatic carbocycles. The van der Waals surface area contributed by atoms with Crippen LogP contribution >= 0.6 is 0 Å². The van der Waals surface area contributed by atoms with Crippen LogP contribution in [0.3, 0.4) is 0 Å². The standard InChI is InChI=1S/C10H16O2/c1-7(11)12-9-5-8-3-4-10(9,2)6-8/h8-9H,3-6H2,1-2H3/t8-,9+,10-/m0/s1. The van der Waals surface area contributed by atoms with E-state index in [1.165, 1.54) is 26.2 Å². The SMILES string of the molecule is CC(=O)O[C@@H]1C[C@@H]2CC[C@@]1(C)C2. The van der Waals surface area contributed by atoms with Crippen molar-refractivity contribution in [1.29, 1.82) is 0 Å². The molecule has 0 aromatic carbocycles. The Morgan fingerprint density at radius 2 is 2.33 bits per heavy atom. The summed E-state index contributed by atoms with van der Waals surface area (Å²) in [4.78, 5) is 10.8. The van der Waals surface area contributed by atoms with E-state index >= 15 is 0 Å². The Balaban J connectivity index is 2.05. The van der Waals surface area contributed by atoms with Gasteiger partial charge in [0, 0.05) is 12.3 Å². The molecule has 2 bridgehead atoms. The van der Waals surface area contributed by atoms with Crippen LogP contribution < -0.4 is 0 Å². The average Bonchev–Trinajstić information content (AvgIpc) is 2.42. The predicted octanol–water partition coefficient (Wildman–Crippen LogP) is 2.13. The molecule has 3 atom stereocenters. The molecule has 2 aliphatic rings. The Bertz CT molecular complexity index is 212. The molecule has 0 spiro atoms. The molecule has 0 aromatic rings. The second-order valence-corrected chi connectivity index (χ2v) is 4.60. The van der Waals surface area contributed by atoms with E-state index in [2.05, 4.69) is 6.92 Å². The summed E-state index contributed by atoms with van der Waals surface area (Å²) < 4.78 is 5.31. The molecular formula is C10H16O2. The van der Waals surface area contributed by atoms with Gasteiger partial charge in [0.2, 0.25) is 0 Å². The molecule has 0 saturated heterocycles. The fourth-order valence-corrected chi connectivity index (χ4v) is 2.87. The molecule has 2 saturated carbocycles. The van der Waals surface area contributed by atoms with Gasteiger partial charge in [-0.1, -0.05) is 6.92 Å². The molecule has 0 unspecified atom stereocenters. The van der Waals surface area contributed by atoms with E-state index in [4.69, 9.17) is 4.74 Å². The van der Waals surface area contributed by atoms with Crippen molar-refractivity contribution in [2.75, 3.05) is 0 Å². The van der Waals surface area contributed by atoms with Gasteiger partial charge in [-0.2, -0.15) is 0 Å². The van der Waals surface area contributed by atoms with Gasteiger partial charge in [0.1, 0.15) is 6.10 Å². The number of carbonyl (C=O) groups is 1. The topological polar surface area (TPSA) is 26.3 Å². The zero-order chi connectivity index (χ0) is 8.77. The van der Waals surface area contributed by atoms with Crippen LogP contribution in [0.25, 0.3) is 0 Å². The first-order valence-electron chi connectivity index (χ1n) is 4.77. The molecule has 2 fully saturated rings. The van der Waals surface area contributed by atoms with Crippen LogP contribution in [0.15, 0.2) is 0 Å². The van der Waals surface area contributed by atoms with Crippen LogP contribution in [-0.4, -0.2) is 12.1 Å². The lowest BCUT2D eigenvalue weighted by molar-refractivity contribution is -0.152. The van der Waals surface area contributed by atoms with Gasteiger partial charge < -0.3 is 4.74 Å². The molecule has 12 heavy (non-hydrogen) atoms. The monoisotopic (exact) mass is 168 g/mol. The summed E-state index contributed by atoms with van der Waals surface area (Å²) in [5.74, 6) is 0.716. The first-order valence-corrected chi connectivity index (χ1v) is 4.77. The van der Waals surface area contributed by atoms with Crippen LogP contribution in [0.4, 0.5) is 0 Å². The van der Waals surface area contributed by atoms with Crippen molar-refractivity contribution in [2.45, 2.75) is 45.6 Å². The van der Waals surface area contributed by atoms with Gasteiger partial charge in [0.25, 0.3) is 0 Å². The smallest absolute Gasteiger partial charge is 0.302 e. The Hall–Kier alpha value is -0.530. The lowest BCUT2D eigenvalue weighted by Crippen LogP contribution is -2.31. The third-order valence-corrected chi connectivity index (χ3v) is 3.51. The quantitative estimate of drug-likeness (QED) is 0.561. The second kappa shape index (κ2) is 2.48. The van der Waals surface area contributed by atoms with Gasteiger partial charge in [0.15, 0.2) is 0 Å². The van der Waals surface area contributed by atoms with Crippen LogP contribution in [0.1, 0.15) is 39.5 Å². The summed E-state index contributed by atoms with van der Waals surface area (Å²) in [5, 5.41) is 0. The Morgan fingerprint density at radius 3 is 2.75 bits per heavy atom. The van der Waals surface area contributed by atoms with E-state index in [0.29, 0.717) is 5.41 Å². The molecule has 0 aliphatic heterocycles. The molecular weight excluding hydrogens is 152 g/mol. The highest BCUT2D eigenvalue weighted by atomic mass is 16.5. The molecule has 2 rings (SSSR count). The minimum absolute atomic E-state index is 0.117. The highest BCUT2D eigenvalue weighted by Crippen LogP contribution is 2.54. The third kappa shape index (κ3) is 1.13. The average molecular weight is 168 g/mol. The Kier molecular flexibility index (Phi) is 1.67. The van der Waals surface area contributed by atoms with Crippen molar-refractivity contribution in [3.05, 3.63) is 0 Å². The van der Waals surface area contributed by atoms with Crippen molar-refractivity contribution in [1.82, 2.24) is 0 Å². The van der Waals surface area contributed by atoms with E-state index in [-0.39, 0.29) is 12.1 Å². The van der Waals surface area contributed by atoms with Crippen LogP contribution in [0.5, 0.6) is 0 Å². The highest BCUT2D eigenvalue weighted by molar-refractivity contribution is 5.66. The number of ether oxygens (including phenoxy) is 1. The minimum Gasteiger partial charge on any atom is -0.462 e. The zero-order valence-corrected chi connectivity index (χ0v) is 7.80. The molecule has 0 N–H and O–H groups in total. The van der Waals surface area contributed by atoms with E-state index < -0.39 is 0 Å². The number of fused-ring (bicyclic) bond motifs is 2. The van der Waals surface area contributed by atoms with E-state index in [1.54, 1.807) is 0 Å². The maximum Gasteiger partial charge on any atom is 0.302 e. The fraction of sp³-hybridized carbons (Fsp3) is 0.900. The van der Waals surface area contributed by atoms with Gasteiger partial charge in [-0.15, -0.1) is 0 Å². The minimum atomic E-state index is -0.117. The summed E-state index contributed by atoms with van der Waals surface area (Å²) in [6.07, 6.45) is 5.18. The van der Waals surface area contributed by atoms with Gasteiger partial charge in [-0.3, -0.25) is 4.79 Å². The third-order valence-electron chi connectivity index (χ3n) is 3.51. The maximum absolute atomic E-state index is 10.8. The number of carbonyl (C=O) groups excluding carboxylic acids is 1. The molecule has 2 heteroatoms. The summed E-state index contributed by atoms with van der Waals surface area (Å²) in [6.45, 7) is 3.77. The number of hydrogen-bond acceptors (Lipinski definition) is 2. The first-order chi connectivity index (χ1) is 5.60. The number of rotatable bonds is 1. The maximum atomic E-state index is 10.8. The lowest BCUT2D eigenvalue weighted by Gasteiger charge is -2.30. The molecule has 68 valence electrons. The van der Waals surface area contributed by atoms with Gasteiger partial charge >= 0.3 is 5.97 Å². The zero-order valence-electron chi connectivity index (χ0n) is 7.80. The summed E-state index contributed by atoms with van der Waals surface area (Å²) in [5.41, 5.74) is 0.316. The predicted molar refractivity (Wildman–Crippen MR) is 45.6 cm³/mol. The number of hydrogen-bond donors (Lipinski definition) is 0. The second-order valence-electron chi connectivity index (χ2n) is 4.60. The van der Waals surface area contributed by atoms with Crippen molar-refractivity contribution >= 4 is 5.97 Å². The fourth-order valence-electron chi connectivity index (χ4n) is 2.87. The number of esters is 1. The molecule has 0 heterocycles. The Labute approximate surface area is 73.3 Å². The van der Waals surface area contributed by atoms with Crippen molar-refractivity contribution in [3.8, 4) is 0 Å². The van der Waals surface area contributed by atoms with E-state index in [9.17, 15) is 4.79 Å². The molecule has 0 radical (unpaired) electrons. The van der Waals surface area contributed by atoms with Crippen molar-refractivity contribution in [3.63, 3.8) is 0 Å². The lowest BCUT2D eigenvalue weighted by atomic mass is 9.84.